The van der Waals surface area contributed by atoms with Gasteiger partial charge >= 0.3 is 6.36 Å². The van der Waals surface area contributed by atoms with Crippen LogP contribution < -0.4 is 10.1 Å². The molecule has 0 radical (unpaired) electrons. The van der Waals surface area contributed by atoms with Crippen molar-refractivity contribution in [3.63, 3.8) is 0 Å². The van der Waals surface area contributed by atoms with E-state index < -0.39 is 22.9 Å². The van der Waals surface area contributed by atoms with Gasteiger partial charge in [0.1, 0.15) is 17.9 Å². The number of carbonyl (C=O) groups is 1. The summed E-state index contributed by atoms with van der Waals surface area (Å²) in [5.41, 5.74) is -0.635. The first-order chi connectivity index (χ1) is 14.5. The molecular formula is C21H16F3N5O2. The Morgan fingerprint density at radius 1 is 1.16 bits per heavy atom. The highest BCUT2D eigenvalue weighted by Crippen LogP contribution is 2.67. The number of alkyl halides is 3. The van der Waals surface area contributed by atoms with Gasteiger partial charge in [-0.15, -0.1) is 13.2 Å². The zero-order chi connectivity index (χ0) is 22.6. The fourth-order valence-corrected chi connectivity index (χ4v) is 4.90. The molecule has 2 bridgehead atoms. The summed E-state index contributed by atoms with van der Waals surface area (Å²) in [7, 11) is 0. The number of aromatic nitrogens is 2. The van der Waals surface area contributed by atoms with Gasteiger partial charge in [-0.1, -0.05) is 13.8 Å². The number of halogens is 3. The molecule has 0 spiro atoms. The van der Waals surface area contributed by atoms with Gasteiger partial charge in [-0.05, 0) is 42.5 Å². The minimum absolute atomic E-state index is 0.0691. The van der Waals surface area contributed by atoms with E-state index in [0.717, 1.165) is 12.1 Å². The second-order valence-corrected chi connectivity index (χ2v) is 8.12. The van der Waals surface area contributed by atoms with Crippen LogP contribution in [0.15, 0.2) is 24.3 Å². The second-order valence-electron chi connectivity index (χ2n) is 8.12. The summed E-state index contributed by atoms with van der Waals surface area (Å²) in [6, 6.07) is 8.59. The summed E-state index contributed by atoms with van der Waals surface area (Å²) in [6.07, 6.45) is -3.67. The number of nitrogens with one attached hydrogen (secondary N) is 1. The van der Waals surface area contributed by atoms with Crippen LogP contribution in [-0.2, 0) is 10.2 Å². The van der Waals surface area contributed by atoms with E-state index in [1.807, 2.05) is 26.0 Å². The van der Waals surface area contributed by atoms with Gasteiger partial charge in [-0.2, -0.15) is 10.5 Å². The van der Waals surface area contributed by atoms with Crippen molar-refractivity contribution in [3.8, 4) is 17.9 Å². The first kappa shape index (κ1) is 20.6. The van der Waals surface area contributed by atoms with Crippen LogP contribution in [0.3, 0.4) is 0 Å². The van der Waals surface area contributed by atoms with Gasteiger partial charge < -0.3 is 10.1 Å². The highest BCUT2D eigenvalue weighted by Gasteiger charge is 2.68. The van der Waals surface area contributed by atoms with Gasteiger partial charge in [0.15, 0.2) is 11.4 Å². The number of anilines is 1. The molecule has 1 heterocycles. The maximum Gasteiger partial charge on any atom is 0.573 e. The molecule has 2 atom stereocenters. The summed E-state index contributed by atoms with van der Waals surface area (Å²) in [5.74, 6) is -0.890. The number of amides is 1. The minimum atomic E-state index is -4.81. The Kier molecular flexibility index (Phi) is 4.44. The number of hydrogen-bond donors (Lipinski definition) is 1. The summed E-state index contributed by atoms with van der Waals surface area (Å²) < 4.78 is 40.9. The van der Waals surface area contributed by atoms with Crippen LogP contribution in [0, 0.1) is 28.1 Å². The lowest BCUT2D eigenvalue weighted by Crippen LogP contribution is -2.46. The lowest BCUT2D eigenvalue weighted by molar-refractivity contribution is -0.274. The van der Waals surface area contributed by atoms with E-state index in [1.165, 1.54) is 12.1 Å². The molecule has 4 rings (SSSR count). The van der Waals surface area contributed by atoms with Crippen molar-refractivity contribution >= 4 is 11.6 Å². The molecule has 1 aromatic carbocycles. The van der Waals surface area contributed by atoms with Crippen molar-refractivity contribution in [3.05, 3.63) is 47.0 Å². The smallest absolute Gasteiger partial charge is 0.406 e. The second kappa shape index (κ2) is 6.67. The number of benzene rings is 1. The lowest BCUT2D eigenvalue weighted by Gasteiger charge is -2.36. The molecule has 31 heavy (non-hydrogen) atoms. The number of hydrogen-bond acceptors (Lipinski definition) is 6. The molecular weight excluding hydrogens is 411 g/mol. The van der Waals surface area contributed by atoms with E-state index in [9.17, 15) is 28.5 Å². The molecule has 0 unspecified atom stereocenters. The molecule has 158 valence electrons. The fraction of sp³-hybridized carbons (Fsp3) is 0.381. The Morgan fingerprint density at radius 2 is 1.77 bits per heavy atom. The van der Waals surface area contributed by atoms with Crippen LogP contribution in [0.1, 0.15) is 55.4 Å². The maximum absolute atomic E-state index is 13.5. The topological polar surface area (TPSA) is 112 Å². The number of nitrogens with zero attached hydrogens (tertiary/aromatic N) is 4. The number of fused-ring (bicyclic) bond motifs is 5. The highest BCUT2D eigenvalue weighted by atomic mass is 19.4. The Labute approximate surface area is 175 Å². The zero-order valence-electron chi connectivity index (χ0n) is 16.5. The molecule has 1 N–H and O–H groups in total. The molecule has 10 heteroatoms. The van der Waals surface area contributed by atoms with Gasteiger partial charge in [-0.3, -0.25) is 4.79 Å². The van der Waals surface area contributed by atoms with Crippen LogP contribution >= 0.6 is 0 Å². The predicted molar refractivity (Wildman–Crippen MR) is 101 cm³/mol. The normalized spacial score (nSPS) is 22.9. The predicted octanol–water partition coefficient (Wildman–Crippen LogP) is 3.91. The van der Waals surface area contributed by atoms with Crippen molar-refractivity contribution in [2.75, 3.05) is 5.32 Å². The van der Waals surface area contributed by atoms with Crippen LogP contribution in [0.25, 0.3) is 0 Å². The molecule has 1 fully saturated rings. The Balaban J connectivity index is 1.70. The summed E-state index contributed by atoms with van der Waals surface area (Å²) >= 11 is 0. The van der Waals surface area contributed by atoms with Crippen molar-refractivity contribution in [1.82, 2.24) is 9.97 Å². The highest BCUT2D eigenvalue weighted by molar-refractivity contribution is 6.01. The van der Waals surface area contributed by atoms with Crippen molar-refractivity contribution in [2.24, 2.45) is 5.41 Å². The van der Waals surface area contributed by atoms with Crippen molar-refractivity contribution < 1.29 is 22.7 Å². The fourth-order valence-electron chi connectivity index (χ4n) is 4.90. The van der Waals surface area contributed by atoms with Crippen molar-refractivity contribution in [2.45, 2.75) is 44.4 Å². The van der Waals surface area contributed by atoms with E-state index in [1.54, 1.807) is 0 Å². The zero-order valence-corrected chi connectivity index (χ0v) is 16.5. The molecule has 1 aromatic heterocycles. The molecule has 1 saturated carbocycles. The van der Waals surface area contributed by atoms with Crippen LogP contribution in [0.4, 0.5) is 18.9 Å². The van der Waals surface area contributed by atoms with Gasteiger partial charge in [-0.25, -0.2) is 9.97 Å². The van der Waals surface area contributed by atoms with Crippen LogP contribution in [-0.4, -0.2) is 22.2 Å². The first-order valence-corrected chi connectivity index (χ1v) is 9.43. The van der Waals surface area contributed by atoms with E-state index in [-0.39, 0.29) is 23.2 Å². The Bertz CT molecular complexity index is 1160. The minimum Gasteiger partial charge on any atom is -0.406 e. The monoisotopic (exact) mass is 427 g/mol. The summed E-state index contributed by atoms with van der Waals surface area (Å²) in [5, 5.41) is 21.4. The van der Waals surface area contributed by atoms with Crippen molar-refractivity contribution in [1.29, 1.82) is 10.5 Å². The third-order valence-electron chi connectivity index (χ3n) is 6.38. The number of carbonyl (C=O) groups excluding carboxylic acids is 1. The molecule has 0 aliphatic heterocycles. The van der Waals surface area contributed by atoms with Gasteiger partial charge in [0.2, 0.25) is 5.91 Å². The van der Waals surface area contributed by atoms with E-state index in [0.29, 0.717) is 29.9 Å². The standard InChI is InChI=1S/C21H16F3N5O2/c1-19(2)13-7-8-20(19,17-16(13)28-14(9-25)15(10-26)29-17)18(30)27-11-3-5-12(6-4-11)31-21(22,23)24/h3-6,13H,7-8H2,1-2H3,(H,27,30)/t13-,20+/m1/s1. The van der Waals surface area contributed by atoms with Gasteiger partial charge in [0.05, 0.1) is 16.8 Å². The van der Waals surface area contributed by atoms with Crippen LogP contribution in [0.5, 0.6) is 5.75 Å². The van der Waals surface area contributed by atoms with Gasteiger partial charge in [0.25, 0.3) is 0 Å². The van der Waals surface area contributed by atoms with E-state index in [4.69, 9.17) is 0 Å². The average Bonchev–Trinajstić information content (AvgIpc) is 3.08. The number of nitriles is 2. The average molecular weight is 427 g/mol. The van der Waals surface area contributed by atoms with Crippen LogP contribution in [0.2, 0.25) is 0 Å². The molecule has 0 saturated heterocycles. The third kappa shape index (κ3) is 2.98. The lowest BCUT2D eigenvalue weighted by atomic mass is 9.67. The van der Waals surface area contributed by atoms with E-state index in [2.05, 4.69) is 20.0 Å². The Hall–Kier alpha value is -3.66. The van der Waals surface area contributed by atoms with E-state index >= 15 is 0 Å². The molecule has 2 aromatic rings. The quantitative estimate of drug-likeness (QED) is 0.795. The molecule has 1 amide bonds. The largest absolute Gasteiger partial charge is 0.573 e. The third-order valence-corrected chi connectivity index (χ3v) is 6.38. The number of rotatable bonds is 3. The molecule has 2 aliphatic carbocycles. The SMILES string of the molecule is CC1(C)[C@@H]2CC[C@@]1(C(=O)Nc1ccc(OC(F)(F)F)cc1)c1nc(C#N)c(C#N)nc12. The molecule has 7 nitrogen and oxygen atoms in total. The Morgan fingerprint density at radius 3 is 2.35 bits per heavy atom. The van der Waals surface area contributed by atoms with Gasteiger partial charge in [0, 0.05) is 11.6 Å². The number of ether oxygens (including phenoxy) is 1. The maximum atomic E-state index is 13.5. The summed E-state index contributed by atoms with van der Waals surface area (Å²) in [4.78, 5) is 22.2. The summed E-state index contributed by atoms with van der Waals surface area (Å²) in [6.45, 7) is 3.85. The molecule has 2 aliphatic rings. The first-order valence-electron chi connectivity index (χ1n) is 9.43.